The topological polar surface area (TPSA) is 101 Å². The van der Waals surface area contributed by atoms with Crippen LogP contribution in [0.1, 0.15) is 53.1 Å². The number of hydrogen-bond donors (Lipinski definition) is 3. The zero-order valence-electron chi connectivity index (χ0n) is 14.9. The Bertz CT molecular complexity index is 749. The molecule has 2 amide bonds. The average Bonchev–Trinajstić information content (AvgIpc) is 3.18. The van der Waals surface area contributed by atoms with E-state index in [9.17, 15) is 9.59 Å². The molecular weight excluding hydrogens is 332 g/mol. The van der Waals surface area contributed by atoms with Gasteiger partial charge in [-0.1, -0.05) is 12.1 Å². The number of carbonyl (C=O) groups is 2. The van der Waals surface area contributed by atoms with Crippen LogP contribution in [0, 0.1) is 0 Å². The molecule has 1 saturated heterocycles. The predicted molar refractivity (Wildman–Crippen MR) is 98.2 cm³/mol. The van der Waals surface area contributed by atoms with Crippen LogP contribution in [0.25, 0.3) is 0 Å². The summed E-state index contributed by atoms with van der Waals surface area (Å²) in [5, 5.41) is 17.0. The van der Waals surface area contributed by atoms with E-state index in [1.165, 1.54) is 0 Å². The van der Waals surface area contributed by atoms with Crippen LogP contribution in [0.4, 0.5) is 5.69 Å². The average molecular weight is 356 g/mol. The van der Waals surface area contributed by atoms with Crippen molar-refractivity contribution in [2.75, 3.05) is 25.0 Å². The van der Waals surface area contributed by atoms with Gasteiger partial charge in [0.25, 0.3) is 11.8 Å². The lowest BCUT2D eigenvalue weighted by Crippen LogP contribution is -2.29. The highest BCUT2D eigenvalue weighted by Gasteiger charge is 2.18. The van der Waals surface area contributed by atoms with E-state index in [1.807, 2.05) is 6.92 Å². The predicted octanol–water partition coefficient (Wildman–Crippen LogP) is 1.59. The minimum atomic E-state index is -0.312. The standard InChI is InChI=1S/C18H24N6O2/c1-2-9-20-17(25)13-3-5-14(6-4-13)21-18(26)16-12-24(23-22-16)15-7-10-19-11-8-15/h3-6,12,15,19H,2,7-11H2,1H3,(H,20,25)(H,21,26). The summed E-state index contributed by atoms with van der Waals surface area (Å²) in [7, 11) is 0. The number of anilines is 1. The Hall–Kier alpha value is -2.74. The first-order valence-corrected chi connectivity index (χ1v) is 8.99. The summed E-state index contributed by atoms with van der Waals surface area (Å²) in [4.78, 5) is 24.2. The maximum Gasteiger partial charge on any atom is 0.277 e. The summed E-state index contributed by atoms with van der Waals surface area (Å²) in [5.41, 5.74) is 1.46. The fourth-order valence-electron chi connectivity index (χ4n) is 2.87. The molecule has 0 bridgehead atoms. The van der Waals surface area contributed by atoms with Gasteiger partial charge in [-0.25, -0.2) is 4.68 Å². The van der Waals surface area contributed by atoms with Crippen LogP contribution in [0.2, 0.25) is 0 Å². The van der Waals surface area contributed by atoms with Gasteiger partial charge < -0.3 is 16.0 Å². The zero-order valence-corrected chi connectivity index (χ0v) is 14.9. The van der Waals surface area contributed by atoms with Crippen molar-refractivity contribution in [2.24, 2.45) is 0 Å². The smallest absolute Gasteiger partial charge is 0.277 e. The van der Waals surface area contributed by atoms with Gasteiger partial charge in [0.2, 0.25) is 0 Å². The van der Waals surface area contributed by atoms with E-state index in [0.29, 0.717) is 17.8 Å². The lowest BCUT2D eigenvalue weighted by atomic mass is 10.1. The highest BCUT2D eigenvalue weighted by molar-refractivity contribution is 6.03. The molecular formula is C18H24N6O2. The number of benzene rings is 1. The summed E-state index contributed by atoms with van der Waals surface area (Å²) < 4.78 is 1.77. The second-order valence-electron chi connectivity index (χ2n) is 6.35. The summed E-state index contributed by atoms with van der Waals surface area (Å²) in [6.07, 6.45) is 4.54. The SMILES string of the molecule is CCCNC(=O)c1ccc(NC(=O)c2cn(C3CCNCC3)nn2)cc1. The molecule has 2 aromatic rings. The molecule has 1 aliphatic rings. The Balaban J connectivity index is 1.59. The molecule has 0 aliphatic carbocycles. The van der Waals surface area contributed by atoms with Crippen LogP contribution < -0.4 is 16.0 Å². The molecule has 8 heteroatoms. The Labute approximate surface area is 152 Å². The number of piperidine rings is 1. The van der Waals surface area contributed by atoms with Crippen LogP contribution in [0.3, 0.4) is 0 Å². The fourth-order valence-corrected chi connectivity index (χ4v) is 2.87. The zero-order chi connectivity index (χ0) is 18.4. The quantitative estimate of drug-likeness (QED) is 0.730. The first kappa shape index (κ1) is 18.1. The number of nitrogens with zero attached hydrogens (tertiary/aromatic N) is 3. The molecule has 0 radical (unpaired) electrons. The third-order valence-electron chi connectivity index (χ3n) is 4.37. The van der Waals surface area contributed by atoms with Crippen molar-refractivity contribution in [3.8, 4) is 0 Å². The Morgan fingerprint density at radius 2 is 1.92 bits per heavy atom. The van der Waals surface area contributed by atoms with Crippen LogP contribution in [0.15, 0.2) is 30.5 Å². The molecule has 1 fully saturated rings. The van der Waals surface area contributed by atoms with Gasteiger partial charge in [0.1, 0.15) is 0 Å². The lowest BCUT2D eigenvalue weighted by molar-refractivity contribution is 0.0953. The Morgan fingerprint density at radius 3 is 2.62 bits per heavy atom. The summed E-state index contributed by atoms with van der Waals surface area (Å²) >= 11 is 0. The molecule has 3 N–H and O–H groups in total. The van der Waals surface area contributed by atoms with E-state index < -0.39 is 0 Å². The number of rotatable bonds is 6. The van der Waals surface area contributed by atoms with Gasteiger partial charge in [0, 0.05) is 17.8 Å². The molecule has 2 heterocycles. The van der Waals surface area contributed by atoms with Gasteiger partial charge in [0.05, 0.1) is 12.2 Å². The number of aromatic nitrogens is 3. The summed E-state index contributed by atoms with van der Waals surface area (Å²) in [5.74, 6) is -0.428. The van der Waals surface area contributed by atoms with Gasteiger partial charge in [0.15, 0.2) is 5.69 Å². The van der Waals surface area contributed by atoms with Crippen molar-refractivity contribution < 1.29 is 9.59 Å². The molecule has 3 rings (SSSR count). The van der Waals surface area contributed by atoms with Crippen molar-refractivity contribution in [1.82, 2.24) is 25.6 Å². The van der Waals surface area contributed by atoms with E-state index in [4.69, 9.17) is 0 Å². The van der Waals surface area contributed by atoms with E-state index in [2.05, 4.69) is 26.3 Å². The monoisotopic (exact) mass is 356 g/mol. The first-order valence-electron chi connectivity index (χ1n) is 8.99. The van der Waals surface area contributed by atoms with Gasteiger partial charge in [-0.05, 0) is 56.6 Å². The van der Waals surface area contributed by atoms with Crippen LogP contribution >= 0.6 is 0 Å². The minimum absolute atomic E-state index is 0.116. The van der Waals surface area contributed by atoms with Crippen LogP contribution in [-0.2, 0) is 0 Å². The largest absolute Gasteiger partial charge is 0.352 e. The Kier molecular flexibility index (Phi) is 5.96. The molecule has 1 aromatic heterocycles. The number of carbonyl (C=O) groups excluding carboxylic acids is 2. The number of nitrogens with one attached hydrogen (secondary N) is 3. The number of amides is 2. The normalized spacial score (nSPS) is 14.8. The molecule has 0 atom stereocenters. The second kappa shape index (κ2) is 8.57. The highest BCUT2D eigenvalue weighted by Crippen LogP contribution is 2.17. The summed E-state index contributed by atoms with van der Waals surface area (Å²) in [6.45, 7) is 4.54. The third-order valence-corrected chi connectivity index (χ3v) is 4.37. The maximum absolute atomic E-state index is 12.4. The molecule has 138 valence electrons. The molecule has 8 nitrogen and oxygen atoms in total. The van der Waals surface area contributed by atoms with Gasteiger partial charge in [-0.3, -0.25) is 9.59 Å². The fraction of sp³-hybridized carbons (Fsp3) is 0.444. The van der Waals surface area contributed by atoms with E-state index in [1.54, 1.807) is 35.1 Å². The van der Waals surface area contributed by atoms with E-state index >= 15 is 0 Å². The van der Waals surface area contributed by atoms with E-state index in [-0.39, 0.29) is 23.6 Å². The lowest BCUT2D eigenvalue weighted by Gasteiger charge is -2.22. The van der Waals surface area contributed by atoms with Gasteiger partial charge >= 0.3 is 0 Å². The second-order valence-corrected chi connectivity index (χ2v) is 6.35. The molecule has 1 aliphatic heterocycles. The van der Waals surface area contributed by atoms with Crippen LogP contribution in [-0.4, -0.2) is 46.4 Å². The molecule has 0 spiro atoms. The molecule has 0 saturated carbocycles. The number of hydrogen-bond acceptors (Lipinski definition) is 5. The molecule has 1 aromatic carbocycles. The van der Waals surface area contributed by atoms with Crippen molar-refractivity contribution >= 4 is 17.5 Å². The Morgan fingerprint density at radius 1 is 1.19 bits per heavy atom. The van der Waals surface area contributed by atoms with Crippen molar-refractivity contribution in [3.63, 3.8) is 0 Å². The van der Waals surface area contributed by atoms with E-state index in [0.717, 1.165) is 32.4 Å². The van der Waals surface area contributed by atoms with Crippen molar-refractivity contribution in [2.45, 2.75) is 32.2 Å². The summed E-state index contributed by atoms with van der Waals surface area (Å²) in [6, 6.07) is 7.07. The molecule has 0 unspecified atom stereocenters. The highest BCUT2D eigenvalue weighted by atomic mass is 16.2. The van der Waals surface area contributed by atoms with Crippen LogP contribution in [0.5, 0.6) is 0 Å². The van der Waals surface area contributed by atoms with Gasteiger partial charge in [-0.2, -0.15) is 0 Å². The first-order chi connectivity index (χ1) is 12.7. The maximum atomic E-state index is 12.4. The molecule has 26 heavy (non-hydrogen) atoms. The van der Waals surface area contributed by atoms with Crippen molar-refractivity contribution in [3.05, 3.63) is 41.7 Å². The minimum Gasteiger partial charge on any atom is -0.352 e. The van der Waals surface area contributed by atoms with Gasteiger partial charge in [-0.15, -0.1) is 5.10 Å². The third kappa shape index (κ3) is 4.45. The van der Waals surface area contributed by atoms with Crippen molar-refractivity contribution in [1.29, 1.82) is 0 Å².